The van der Waals surface area contributed by atoms with Crippen molar-refractivity contribution in [3.05, 3.63) is 81.5 Å². The molecule has 1 aliphatic rings. The SMILES string of the molecule is CSNc1ncc(COc2cc(C)n(Cc3ccc(C#CC4CC4)cc3)c(=O)c2)cn1. The van der Waals surface area contributed by atoms with E-state index < -0.39 is 0 Å². The highest BCUT2D eigenvalue weighted by Crippen LogP contribution is 2.27. The van der Waals surface area contributed by atoms with Crippen LogP contribution in [0.4, 0.5) is 5.95 Å². The van der Waals surface area contributed by atoms with Gasteiger partial charge in [-0.25, -0.2) is 9.97 Å². The van der Waals surface area contributed by atoms with Crippen LogP contribution in [-0.2, 0) is 13.2 Å². The van der Waals surface area contributed by atoms with Gasteiger partial charge in [-0.3, -0.25) is 9.52 Å². The zero-order chi connectivity index (χ0) is 21.6. The highest BCUT2D eigenvalue weighted by Gasteiger charge is 2.17. The van der Waals surface area contributed by atoms with Gasteiger partial charge in [-0.15, -0.1) is 0 Å². The molecular weight excluding hydrogens is 408 g/mol. The van der Waals surface area contributed by atoms with Gasteiger partial charge in [0, 0.05) is 47.5 Å². The minimum Gasteiger partial charge on any atom is -0.489 e. The Balaban J connectivity index is 1.39. The third-order valence-corrected chi connectivity index (χ3v) is 5.29. The van der Waals surface area contributed by atoms with Crippen LogP contribution in [0.25, 0.3) is 0 Å². The van der Waals surface area contributed by atoms with Crippen LogP contribution < -0.4 is 15.0 Å². The van der Waals surface area contributed by atoms with Crippen LogP contribution in [0.5, 0.6) is 5.75 Å². The number of pyridine rings is 1. The fourth-order valence-electron chi connectivity index (χ4n) is 3.01. The molecule has 0 bridgehead atoms. The van der Waals surface area contributed by atoms with Gasteiger partial charge < -0.3 is 9.30 Å². The Morgan fingerprint density at radius 1 is 1.16 bits per heavy atom. The molecule has 2 heterocycles. The van der Waals surface area contributed by atoms with Crippen LogP contribution in [0.1, 0.15) is 35.2 Å². The van der Waals surface area contributed by atoms with Gasteiger partial charge in [0.15, 0.2) is 0 Å². The molecule has 6 nitrogen and oxygen atoms in total. The Morgan fingerprint density at radius 2 is 1.90 bits per heavy atom. The van der Waals surface area contributed by atoms with Crippen LogP contribution >= 0.6 is 11.9 Å². The van der Waals surface area contributed by atoms with Gasteiger partial charge in [0.1, 0.15) is 12.4 Å². The summed E-state index contributed by atoms with van der Waals surface area (Å²) in [7, 11) is 0. The van der Waals surface area contributed by atoms with Crippen molar-refractivity contribution in [2.24, 2.45) is 5.92 Å². The van der Waals surface area contributed by atoms with Gasteiger partial charge in [0.2, 0.25) is 5.95 Å². The number of ether oxygens (including phenoxy) is 1. The summed E-state index contributed by atoms with van der Waals surface area (Å²) in [5, 5.41) is 0. The van der Waals surface area contributed by atoms with Crippen molar-refractivity contribution < 1.29 is 4.74 Å². The molecule has 0 saturated heterocycles. The third-order valence-electron chi connectivity index (χ3n) is 4.91. The molecule has 1 aromatic carbocycles. The molecule has 0 aliphatic heterocycles. The van der Waals surface area contributed by atoms with E-state index in [1.807, 2.05) is 43.5 Å². The fraction of sp³-hybridized carbons (Fsp3) is 0.292. The second-order valence-electron chi connectivity index (χ2n) is 7.51. The molecule has 3 aromatic rings. The van der Waals surface area contributed by atoms with E-state index >= 15 is 0 Å². The maximum absolute atomic E-state index is 12.7. The van der Waals surface area contributed by atoms with E-state index in [1.54, 1.807) is 17.0 Å². The van der Waals surface area contributed by atoms with Gasteiger partial charge in [-0.1, -0.05) is 35.9 Å². The molecule has 7 heteroatoms. The maximum atomic E-state index is 12.7. The number of nitrogens with zero attached hydrogens (tertiary/aromatic N) is 3. The van der Waals surface area contributed by atoms with Crippen LogP contribution in [0.2, 0.25) is 0 Å². The standard InChI is InChI=1S/C24H24N4O2S/c1-17-11-22(30-16-21-13-25-24(26-14-21)27-31-2)12-23(29)28(17)15-20-9-7-19(8-10-20)6-5-18-3-4-18/h7-14,18H,3-4,15-16H2,1-2H3,(H,25,26,27). The van der Waals surface area contributed by atoms with Crippen molar-refractivity contribution in [1.29, 1.82) is 0 Å². The van der Waals surface area contributed by atoms with Gasteiger partial charge in [-0.05, 0) is 43.5 Å². The number of rotatable bonds is 7. The molecule has 1 N–H and O–H groups in total. The minimum atomic E-state index is -0.0941. The third kappa shape index (κ3) is 5.89. The van der Waals surface area contributed by atoms with Crippen molar-refractivity contribution in [2.75, 3.05) is 11.0 Å². The normalized spacial score (nSPS) is 12.7. The van der Waals surface area contributed by atoms with Crippen LogP contribution in [0.3, 0.4) is 0 Å². The van der Waals surface area contributed by atoms with E-state index in [-0.39, 0.29) is 5.56 Å². The monoisotopic (exact) mass is 432 g/mol. The lowest BCUT2D eigenvalue weighted by Crippen LogP contribution is -2.22. The van der Waals surface area contributed by atoms with Gasteiger partial charge in [-0.2, -0.15) is 0 Å². The van der Waals surface area contributed by atoms with E-state index in [0.29, 0.717) is 30.8 Å². The van der Waals surface area contributed by atoms with E-state index in [1.165, 1.54) is 30.9 Å². The Bertz CT molecular complexity index is 1160. The molecule has 0 radical (unpaired) electrons. The van der Waals surface area contributed by atoms with Crippen LogP contribution in [0, 0.1) is 24.7 Å². The average Bonchev–Trinajstić information content (AvgIpc) is 3.60. The maximum Gasteiger partial charge on any atom is 0.254 e. The summed E-state index contributed by atoms with van der Waals surface area (Å²) in [6.07, 6.45) is 7.77. The second-order valence-corrected chi connectivity index (χ2v) is 8.12. The summed E-state index contributed by atoms with van der Waals surface area (Å²) in [5.74, 6) is 8.16. The number of hydrogen-bond acceptors (Lipinski definition) is 6. The molecular formula is C24H24N4O2S. The molecule has 0 spiro atoms. The smallest absolute Gasteiger partial charge is 0.254 e. The predicted molar refractivity (Wildman–Crippen MR) is 124 cm³/mol. The van der Waals surface area contributed by atoms with Crippen LogP contribution in [-0.4, -0.2) is 20.8 Å². The molecule has 0 amide bonds. The minimum absolute atomic E-state index is 0.0941. The Hall–Kier alpha value is -3.24. The largest absolute Gasteiger partial charge is 0.489 e. The molecule has 1 fully saturated rings. The number of anilines is 1. The molecule has 1 saturated carbocycles. The summed E-state index contributed by atoms with van der Waals surface area (Å²) in [6, 6.07) is 11.5. The number of aromatic nitrogens is 3. The number of nitrogens with one attached hydrogen (secondary N) is 1. The lowest BCUT2D eigenvalue weighted by atomic mass is 10.1. The van der Waals surface area contributed by atoms with Crippen molar-refractivity contribution in [1.82, 2.24) is 14.5 Å². The number of aryl methyl sites for hydroxylation is 1. The topological polar surface area (TPSA) is 69.0 Å². The summed E-state index contributed by atoms with van der Waals surface area (Å²) in [4.78, 5) is 21.1. The first-order chi connectivity index (χ1) is 15.1. The quantitative estimate of drug-likeness (QED) is 0.449. The lowest BCUT2D eigenvalue weighted by molar-refractivity contribution is 0.303. The Morgan fingerprint density at radius 3 is 2.55 bits per heavy atom. The van der Waals surface area contributed by atoms with Crippen molar-refractivity contribution in [3.63, 3.8) is 0 Å². The Labute approximate surface area is 186 Å². The Kier molecular flexibility index (Phi) is 6.58. The van der Waals surface area contributed by atoms with E-state index in [4.69, 9.17) is 4.74 Å². The average molecular weight is 433 g/mol. The second kappa shape index (κ2) is 9.71. The molecule has 2 aromatic heterocycles. The highest BCUT2D eigenvalue weighted by atomic mass is 32.2. The highest BCUT2D eigenvalue weighted by molar-refractivity contribution is 7.99. The van der Waals surface area contributed by atoms with E-state index in [9.17, 15) is 4.79 Å². The summed E-state index contributed by atoms with van der Waals surface area (Å²) in [6.45, 7) is 2.72. The molecule has 1 aliphatic carbocycles. The lowest BCUT2D eigenvalue weighted by Gasteiger charge is -2.13. The molecule has 0 atom stereocenters. The van der Waals surface area contributed by atoms with Crippen LogP contribution in [0.15, 0.2) is 53.6 Å². The van der Waals surface area contributed by atoms with Crippen molar-refractivity contribution in [2.45, 2.75) is 32.9 Å². The summed E-state index contributed by atoms with van der Waals surface area (Å²) in [5.41, 5.74) is 3.66. The number of hydrogen-bond donors (Lipinski definition) is 1. The molecule has 0 unspecified atom stereocenters. The molecule has 158 valence electrons. The zero-order valence-corrected chi connectivity index (χ0v) is 18.4. The van der Waals surface area contributed by atoms with Crippen molar-refractivity contribution >= 4 is 17.9 Å². The molecule has 4 rings (SSSR count). The molecule has 31 heavy (non-hydrogen) atoms. The first-order valence-electron chi connectivity index (χ1n) is 10.2. The summed E-state index contributed by atoms with van der Waals surface area (Å²) >= 11 is 1.43. The van der Waals surface area contributed by atoms with Crippen molar-refractivity contribution in [3.8, 4) is 17.6 Å². The van der Waals surface area contributed by atoms with Gasteiger partial charge in [0.25, 0.3) is 5.56 Å². The number of benzene rings is 1. The summed E-state index contributed by atoms with van der Waals surface area (Å²) < 4.78 is 10.5. The van der Waals surface area contributed by atoms with E-state index in [0.717, 1.165) is 22.4 Å². The fourth-order valence-corrected chi connectivity index (χ4v) is 3.30. The van der Waals surface area contributed by atoms with E-state index in [2.05, 4.69) is 26.5 Å². The zero-order valence-electron chi connectivity index (χ0n) is 17.6. The first kappa shape index (κ1) is 21.0. The van der Waals surface area contributed by atoms with Gasteiger partial charge in [0.05, 0.1) is 6.54 Å². The first-order valence-corrected chi connectivity index (χ1v) is 11.4. The van der Waals surface area contributed by atoms with Gasteiger partial charge >= 0.3 is 0 Å². The predicted octanol–water partition coefficient (Wildman–Crippen LogP) is 4.03.